The molecule has 12 heavy (non-hydrogen) atoms. The van der Waals surface area contributed by atoms with Crippen LogP contribution < -0.4 is 4.57 Å². The van der Waals surface area contributed by atoms with Crippen LogP contribution in [0.3, 0.4) is 0 Å². The van der Waals surface area contributed by atoms with Crippen LogP contribution in [0.4, 0.5) is 0 Å². The SMILES string of the molecule is CC(C)(C)C(=O)C[n+]1cc[nH]c1. The normalized spacial score (nSPS) is 11.6. The van der Waals surface area contributed by atoms with E-state index in [0.717, 1.165) is 0 Å². The van der Waals surface area contributed by atoms with E-state index >= 15 is 0 Å². The number of aromatic amines is 1. The van der Waals surface area contributed by atoms with Crippen molar-refractivity contribution in [1.82, 2.24) is 4.98 Å². The van der Waals surface area contributed by atoms with Gasteiger partial charge in [-0.15, -0.1) is 0 Å². The van der Waals surface area contributed by atoms with Gasteiger partial charge in [0.1, 0.15) is 18.9 Å². The molecule has 0 bridgehead atoms. The topological polar surface area (TPSA) is 36.7 Å². The van der Waals surface area contributed by atoms with E-state index in [9.17, 15) is 4.79 Å². The molecule has 0 amide bonds. The average molecular weight is 167 g/mol. The molecular formula is C9H15N2O+. The maximum atomic E-state index is 11.5. The van der Waals surface area contributed by atoms with E-state index in [0.29, 0.717) is 6.54 Å². The largest absolute Gasteiger partial charge is 0.295 e. The Bertz CT molecular complexity index is 257. The molecule has 66 valence electrons. The maximum absolute atomic E-state index is 11.5. The Morgan fingerprint density at radius 3 is 2.58 bits per heavy atom. The Hall–Kier alpha value is -1.12. The number of nitrogens with one attached hydrogen (secondary N) is 1. The highest BCUT2D eigenvalue weighted by Crippen LogP contribution is 2.13. The Kier molecular flexibility index (Phi) is 2.31. The Morgan fingerprint density at radius 1 is 1.50 bits per heavy atom. The fourth-order valence-electron chi connectivity index (χ4n) is 0.822. The van der Waals surface area contributed by atoms with E-state index in [1.165, 1.54) is 0 Å². The first-order chi connectivity index (χ1) is 5.50. The first kappa shape index (κ1) is 8.97. The molecule has 1 aromatic heterocycles. The van der Waals surface area contributed by atoms with Crippen molar-refractivity contribution in [3.8, 4) is 0 Å². The van der Waals surface area contributed by atoms with Gasteiger partial charge < -0.3 is 0 Å². The first-order valence-electron chi connectivity index (χ1n) is 4.05. The van der Waals surface area contributed by atoms with Gasteiger partial charge in [-0.2, -0.15) is 0 Å². The predicted molar refractivity (Wildman–Crippen MR) is 45.4 cm³/mol. The van der Waals surface area contributed by atoms with Gasteiger partial charge in [0.25, 0.3) is 0 Å². The van der Waals surface area contributed by atoms with Crippen LogP contribution in [0.1, 0.15) is 20.8 Å². The molecule has 0 unspecified atom stereocenters. The second-order valence-corrected chi connectivity index (χ2v) is 3.96. The van der Waals surface area contributed by atoms with Crippen molar-refractivity contribution in [1.29, 1.82) is 0 Å². The minimum Gasteiger partial charge on any atom is -0.295 e. The molecule has 3 nitrogen and oxygen atoms in total. The summed E-state index contributed by atoms with van der Waals surface area (Å²) in [6.45, 7) is 6.25. The van der Waals surface area contributed by atoms with Crippen LogP contribution in [0.2, 0.25) is 0 Å². The molecule has 1 rings (SSSR count). The highest BCUT2D eigenvalue weighted by Gasteiger charge is 2.22. The van der Waals surface area contributed by atoms with Crippen LogP contribution in [-0.4, -0.2) is 10.8 Å². The zero-order valence-corrected chi connectivity index (χ0v) is 7.79. The number of rotatable bonds is 2. The highest BCUT2D eigenvalue weighted by molar-refractivity contribution is 5.82. The van der Waals surface area contributed by atoms with E-state index < -0.39 is 0 Å². The third-order valence-corrected chi connectivity index (χ3v) is 1.77. The fraction of sp³-hybridized carbons (Fsp3) is 0.556. The van der Waals surface area contributed by atoms with Gasteiger partial charge in [0, 0.05) is 5.41 Å². The molecule has 0 spiro atoms. The molecule has 0 aliphatic rings. The molecule has 0 atom stereocenters. The van der Waals surface area contributed by atoms with Crippen LogP contribution in [0.15, 0.2) is 18.7 Å². The summed E-state index contributed by atoms with van der Waals surface area (Å²) in [5, 5.41) is 0. The lowest BCUT2D eigenvalue weighted by molar-refractivity contribution is -0.683. The molecule has 1 heterocycles. The number of hydrogen-bond donors (Lipinski definition) is 1. The lowest BCUT2D eigenvalue weighted by Gasteiger charge is -2.14. The lowest BCUT2D eigenvalue weighted by atomic mass is 9.91. The monoisotopic (exact) mass is 167 g/mol. The number of carbonyl (C=O) groups is 1. The minimum absolute atomic E-state index is 0.243. The number of imidazole rings is 1. The number of aromatic nitrogens is 2. The van der Waals surface area contributed by atoms with Gasteiger partial charge in [-0.1, -0.05) is 20.8 Å². The van der Waals surface area contributed by atoms with Crippen LogP contribution in [0.5, 0.6) is 0 Å². The molecule has 0 radical (unpaired) electrons. The Balaban J connectivity index is 2.60. The number of hydrogen-bond acceptors (Lipinski definition) is 1. The van der Waals surface area contributed by atoms with E-state index in [1.54, 1.807) is 12.5 Å². The van der Waals surface area contributed by atoms with Crippen molar-refractivity contribution in [3.05, 3.63) is 18.7 Å². The molecule has 1 aromatic rings. The van der Waals surface area contributed by atoms with Crippen LogP contribution in [0, 0.1) is 5.41 Å². The van der Waals surface area contributed by atoms with Crippen molar-refractivity contribution < 1.29 is 9.36 Å². The Labute approximate surface area is 72.4 Å². The van der Waals surface area contributed by atoms with Crippen molar-refractivity contribution >= 4 is 5.78 Å². The molecule has 0 aliphatic heterocycles. The van der Waals surface area contributed by atoms with Crippen molar-refractivity contribution in [2.45, 2.75) is 27.3 Å². The van der Waals surface area contributed by atoms with Gasteiger partial charge >= 0.3 is 0 Å². The van der Waals surface area contributed by atoms with E-state index in [1.807, 2.05) is 31.5 Å². The first-order valence-corrected chi connectivity index (χ1v) is 4.05. The molecule has 1 N–H and O–H groups in total. The third kappa shape index (κ3) is 2.19. The summed E-state index contributed by atoms with van der Waals surface area (Å²) in [5.74, 6) is 0.243. The van der Waals surface area contributed by atoms with Crippen LogP contribution in [0.25, 0.3) is 0 Å². The zero-order valence-electron chi connectivity index (χ0n) is 7.79. The molecule has 3 heteroatoms. The van der Waals surface area contributed by atoms with Gasteiger partial charge in [-0.3, -0.25) is 9.78 Å². The maximum Gasteiger partial charge on any atom is 0.241 e. The van der Waals surface area contributed by atoms with E-state index in [-0.39, 0.29) is 11.2 Å². The van der Waals surface area contributed by atoms with Crippen molar-refractivity contribution in [2.75, 3.05) is 0 Å². The summed E-state index contributed by atoms with van der Waals surface area (Å²) < 4.78 is 1.84. The average Bonchev–Trinajstić information content (AvgIpc) is 2.37. The number of H-pyrrole nitrogens is 1. The summed E-state index contributed by atoms with van der Waals surface area (Å²) in [6, 6.07) is 0. The zero-order chi connectivity index (χ0) is 9.19. The number of carbonyl (C=O) groups excluding carboxylic acids is 1. The van der Waals surface area contributed by atoms with Crippen LogP contribution >= 0.6 is 0 Å². The second-order valence-electron chi connectivity index (χ2n) is 3.96. The summed E-state index contributed by atoms with van der Waals surface area (Å²) in [7, 11) is 0. The highest BCUT2D eigenvalue weighted by atomic mass is 16.1. The number of nitrogens with zero attached hydrogens (tertiary/aromatic N) is 1. The van der Waals surface area contributed by atoms with E-state index in [4.69, 9.17) is 0 Å². The van der Waals surface area contributed by atoms with Crippen LogP contribution in [-0.2, 0) is 11.3 Å². The van der Waals surface area contributed by atoms with Crippen molar-refractivity contribution in [3.63, 3.8) is 0 Å². The summed E-state index contributed by atoms with van der Waals surface area (Å²) in [5.41, 5.74) is -0.246. The number of Topliss-reactive ketones (excluding diaryl/α,β-unsaturated/α-hetero) is 1. The summed E-state index contributed by atoms with van der Waals surface area (Å²) in [4.78, 5) is 14.4. The smallest absolute Gasteiger partial charge is 0.241 e. The third-order valence-electron chi connectivity index (χ3n) is 1.77. The summed E-state index contributed by atoms with van der Waals surface area (Å²) in [6.07, 6.45) is 5.43. The summed E-state index contributed by atoms with van der Waals surface area (Å²) >= 11 is 0. The van der Waals surface area contributed by atoms with Crippen molar-refractivity contribution in [2.24, 2.45) is 5.41 Å². The van der Waals surface area contributed by atoms with Gasteiger partial charge in [0.05, 0.1) is 0 Å². The second kappa shape index (κ2) is 3.09. The minimum atomic E-state index is -0.246. The molecular weight excluding hydrogens is 152 g/mol. The standard InChI is InChI=1S/C9H14N2O/c1-9(2,3)8(12)6-11-5-4-10-7-11/h4-5,7H,6H2,1-3H3/p+1. The molecule has 0 saturated heterocycles. The number of ketones is 1. The van der Waals surface area contributed by atoms with Gasteiger partial charge in [-0.05, 0) is 0 Å². The van der Waals surface area contributed by atoms with Gasteiger partial charge in [-0.25, -0.2) is 4.57 Å². The Morgan fingerprint density at radius 2 is 2.17 bits per heavy atom. The molecule has 0 saturated carbocycles. The fourth-order valence-corrected chi connectivity index (χ4v) is 0.822. The molecule has 0 aliphatic carbocycles. The molecule has 0 aromatic carbocycles. The lowest BCUT2D eigenvalue weighted by Crippen LogP contribution is -2.40. The van der Waals surface area contributed by atoms with Gasteiger partial charge in [0.2, 0.25) is 6.33 Å². The van der Waals surface area contributed by atoms with E-state index in [2.05, 4.69) is 4.98 Å². The molecule has 0 fully saturated rings. The van der Waals surface area contributed by atoms with Gasteiger partial charge in [0.15, 0.2) is 5.78 Å². The predicted octanol–water partition coefficient (Wildman–Crippen LogP) is 0.917. The quantitative estimate of drug-likeness (QED) is 0.653.